The van der Waals surface area contributed by atoms with Crippen LogP contribution in [0.25, 0.3) is 0 Å². The summed E-state index contributed by atoms with van der Waals surface area (Å²) in [5.41, 5.74) is -0.0609. The summed E-state index contributed by atoms with van der Waals surface area (Å²) in [6, 6.07) is -0.315. The fourth-order valence-electron chi connectivity index (χ4n) is 2.53. The minimum Gasteiger partial charge on any atom is -0.481 e. The molecule has 0 aliphatic heterocycles. The summed E-state index contributed by atoms with van der Waals surface area (Å²) in [6.07, 6.45) is 3.32. The highest BCUT2D eigenvalue weighted by Crippen LogP contribution is 2.29. The second-order valence-corrected chi connectivity index (χ2v) is 7.61. The molecule has 20 heavy (non-hydrogen) atoms. The van der Waals surface area contributed by atoms with Crippen LogP contribution in [0.15, 0.2) is 0 Å². The Labute approximate surface area is 127 Å². The van der Waals surface area contributed by atoms with Crippen LogP contribution < -0.4 is 5.32 Å². The summed E-state index contributed by atoms with van der Waals surface area (Å²) in [7, 11) is 0. The van der Waals surface area contributed by atoms with Gasteiger partial charge in [-0.05, 0) is 30.9 Å². The van der Waals surface area contributed by atoms with Gasteiger partial charge in [0, 0.05) is 12.2 Å². The number of nitrogens with one attached hydrogen (secondary N) is 1. The molecule has 0 bridgehead atoms. The minimum atomic E-state index is -0.870. The van der Waals surface area contributed by atoms with E-state index in [0.717, 1.165) is 6.42 Å². The first-order valence-corrected chi connectivity index (χ1v) is 8.49. The van der Waals surface area contributed by atoms with Gasteiger partial charge in [-0.25, -0.2) is 0 Å². The molecule has 0 aliphatic rings. The molecule has 1 amide bonds. The maximum Gasteiger partial charge on any atom is 0.308 e. The van der Waals surface area contributed by atoms with Crippen LogP contribution in [0.3, 0.4) is 0 Å². The number of carboxylic acids is 1. The number of aliphatic carboxylic acids is 1. The Morgan fingerprint density at radius 1 is 1.25 bits per heavy atom. The quantitative estimate of drug-likeness (QED) is 0.687. The van der Waals surface area contributed by atoms with Crippen molar-refractivity contribution in [3.63, 3.8) is 0 Å². The van der Waals surface area contributed by atoms with Gasteiger partial charge in [-0.3, -0.25) is 9.59 Å². The van der Waals surface area contributed by atoms with Gasteiger partial charge >= 0.3 is 5.97 Å². The van der Waals surface area contributed by atoms with Gasteiger partial charge in [0.05, 0.1) is 12.0 Å². The van der Waals surface area contributed by atoms with Gasteiger partial charge in [-0.2, -0.15) is 11.8 Å². The largest absolute Gasteiger partial charge is 0.481 e. The fraction of sp³-hybridized carbons (Fsp3) is 0.867. The first kappa shape index (κ1) is 19.3. The molecule has 0 aromatic rings. The Morgan fingerprint density at radius 3 is 2.20 bits per heavy atom. The second kappa shape index (κ2) is 8.55. The number of thioether (sulfide) groups is 1. The molecule has 4 nitrogen and oxygen atoms in total. The average Bonchev–Trinajstić information content (AvgIpc) is 2.24. The predicted molar refractivity (Wildman–Crippen MR) is 85.0 cm³/mol. The van der Waals surface area contributed by atoms with Crippen molar-refractivity contribution in [2.45, 2.75) is 53.5 Å². The first-order valence-electron chi connectivity index (χ1n) is 7.10. The van der Waals surface area contributed by atoms with E-state index in [4.69, 9.17) is 5.11 Å². The molecule has 2 atom stereocenters. The van der Waals surface area contributed by atoms with Crippen LogP contribution in [-0.4, -0.2) is 35.0 Å². The minimum absolute atomic E-state index is 0.0530. The van der Waals surface area contributed by atoms with Gasteiger partial charge in [0.1, 0.15) is 0 Å². The lowest BCUT2D eigenvalue weighted by molar-refractivity contribution is -0.142. The zero-order chi connectivity index (χ0) is 15.9. The van der Waals surface area contributed by atoms with Crippen LogP contribution in [0.1, 0.15) is 47.5 Å². The van der Waals surface area contributed by atoms with Crippen LogP contribution in [0.5, 0.6) is 0 Å². The number of hydrogen-bond acceptors (Lipinski definition) is 3. The van der Waals surface area contributed by atoms with Gasteiger partial charge in [0.25, 0.3) is 0 Å². The molecule has 0 aromatic heterocycles. The lowest BCUT2D eigenvalue weighted by Gasteiger charge is -2.28. The summed E-state index contributed by atoms with van der Waals surface area (Å²) < 4.78 is 0. The zero-order valence-electron chi connectivity index (χ0n) is 13.5. The molecule has 118 valence electrons. The van der Waals surface area contributed by atoms with Crippen LogP contribution in [-0.2, 0) is 9.59 Å². The summed E-state index contributed by atoms with van der Waals surface area (Å²) in [5, 5.41) is 12.0. The van der Waals surface area contributed by atoms with Gasteiger partial charge < -0.3 is 10.4 Å². The fourth-order valence-corrected chi connectivity index (χ4v) is 3.26. The zero-order valence-corrected chi connectivity index (χ0v) is 14.3. The molecule has 0 aromatic carbocycles. The summed E-state index contributed by atoms with van der Waals surface area (Å²) in [5.74, 6) is -0.338. The second-order valence-electron chi connectivity index (χ2n) is 6.70. The van der Waals surface area contributed by atoms with Gasteiger partial charge in [-0.1, -0.05) is 27.7 Å². The van der Waals surface area contributed by atoms with Crippen molar-refractivity contribution in [1.29, 1.82) is 0 Å². The molecule has 0 fully saturated rings. The Bertz CT molecular complexity index is 329. The molecule has 0 saturated heterocycles. The molecule has 0 radical (unpaired) electrons. The summed E-state index contributed by atoms with van der Waals surface area (Å²) in [6.45, 7) is 10.1. The summed E-state index contributed by atoms with van der Waals surface area (Å²) in [4.78, 5) is 23.2. The van der Waals surface area contributed by atoms with Crippen molar-refractivity contribution in [2.75, 3.05) is 12.0 Å². The first-order chi connectivity index (χ1) is 9.09. The Hall–Kier alpha value is -0.710. The number of carbonyl (C=O) groups excluding carboxylic acids is 1. The molecular formula is C15H29NO3S. The smallest absolute Gasteiger partial charge is 0.308 e. The van der Waals surface area contributed by atoms with Crippen LogP contribution >= 0.6 is 11.8 Å². The standard InChI is InChI=1S/C15H29NO3S/c1-10(2)7-15(4,5)8-13(17)16-12(9-20-6)11(3)14(18)19/h10-12H,7-9H2,1-6H3,(H,16,17)(H,18,19). The number of carboxylic acid groups (broad SMARTS) is 1. The van der Waals surface area contributed by atoms with E-state index in [2.05, 4.69) is 33.0 Å². The van der Waals surface area contributed by atoms with Gasteiger partial charge in [0.2, 0.25) is 5.91 Å². The van der Waals surface area contributed by atoms with E-state index in [0.29, 0.717) is 18.1 Å². The van der Waals surface area contributed by atoms with Crippen LogP contribution in [0.4, 0.5) is 0 Å². The van der Waals surface area contributed by atoms with Crippen LogP contribution in [0, 0.1) is 17.3 Å². The highest BCUT2D eigenvalue weighted by Gasteiger charge is 2.28. The molecule has 0 heterocycles. The maximum absolute atomic E-state index is 12.1. The lowest BCUT2D eigenvalue weighted by Crippen LogP contribution is -2.45. The lowest BCUT2D eigenvalue weighted by atomic mass is 9.81. The summed E-state index contributed by atoms with van der Waals surface area (Å²) >= 11 is 1.55. The molecule has 2 unspecified atom stereocenters. The van der Waals surface area contributed by atoms with E-state index in [-0.39, 0.29) is 17.4 Å². The Balaban J connectivity index is 4.57. The predicted octanol–water partition coefficient (Wildman–Crippen LogP) is 3.02. The average molecular weight is 303 g/mol. The van der Waals surface area contributed by atoms with Crippen LogP contribution in [0.2, 0.25) is 0 Å². The van der Waals surface area contributed by atoms with E-state index in [1.54, 1.807) is 18.7 Å². The van der Waals surface area contributed by atoms with E-state index in [1.807, 2.05) is 6.26 Å². The maximum atomic E-state index is 12.1. The molecular weight excluding hydrogens is 274 g/mol. The van der Waals surface area contributed by atoms with E-state index < -0.39 is 11.9 Å². The SMILES string of the molecule is CSCC(NC(=O)CC(C)(C)CC(C)C)C(C)C(=O)O. The van der Waals surface area contributed by atoms with E-state index >= 15 is 0 Å². The van der Waals surface area contributed by atoms with Crippen molar-refractivity contribution < 1.29 is 14.7 Å². The third-order valence-electron chi connectivity index (χ3n) is 3.29. The number of carbonyl (C=O) groups is 2. The van der Waals surface area contributed by atoms with Crippen molar-refractivity contribution in [3.8, 4) is 0 Å². The normalized spacial score (nSPS) is 14.9. The van der Waals surface area contributed by atoms with Gasteiger partial charge in [0.15, 0.2) is 0 Å². The van der Waals surface area contributed by atoms with Crippen molar-refractivity contribution in [2.24, 2.45) is 17.3 Å². The highest BCUT2D eigenvalue weighted by molar-refractivity contribution is 7.98. The number of hydrogen-bond donors (Lipinski definition) is 2. The van der Waals surface area contributed by atoms with Crippen molar-refractivity contribution in [3.05, 3.63) is 0 Å². The molecule has 0 spiro atoms. The molecule has 0 aliphatic carbocycles. The van der Waals surface area contributed by atoms with E-state index in [1.165, 1.54) is 0 Å². The van der Waals surface area contributed by atoms with E-state index in [9.17, 15) is 9.59 Å². The third-order valence-corrected chi connectivity index (χ3v) is 3.98. The third kappa shape index (κ3) is 7.78. The number of rotatable bonds is 9. The topological polar surface area (TPSA) is 66.4 Å². The monoisotopic (exact) mass is 303 g/mol. The van der Waals surface area contributed by atoms with Crippen molar-refractivity contribution >= 4 is 23.6 Å². The molecule has 5 heteroatoms. The van der Waals surface area contributed by atoms with Gasteiger partial charge in [-0.15, -0.1) is 0 Å². The molecule has 0 rings (SSSR count). The Morgan fingerprint density at radius 2 is 1.80 bits per heavy atom. The highest BCUT2D eigenvalue weighted by atomic mass is 32.2. The number of amides is 1. The van der Waals surface area contributed by atoms with Crippen molar-refractivity contribution in [1.82, 2.24) is 5.32 Å². The molecule has 0 saturated carbocycles. The Kier molecular flexibility index (Phi) is 8.25. The molecule has 2 N–H and O–H groups in total.